The van der Waals surface area contributed by atoms with Crippen molar-refractivity contribution in [1.82, 2.24) is 15.6 Å². The molecule has 0 bridgehead atoms. The molecule has 2 heterocycles. The summed E-state index contributed by atoms with van der Waals surface area (Å²) in [6, 6.07) is 11.9. The van der Waals surface area contributed by atoms with Crippen molar-refractivity contribution in [3.63, 3.8) is 0 Å². The minimum atomic E-state index is -0.0659. The van der Waals surface area contributed by atoms with E-state index in [-0.39, 0.29) is 6.10 Å². The highest BCUT2D eigenvalue weighted by Gasteiger charge is 2.20. The number of aliphatic imine (C=N–C) groups is 1. The van der Waals surface area contributed by atoms with Gasteiger partial charge in [-0.15, -0.1) is 0 Å². The van der Waals surface area contributed by atoms with Crippen LogP contribution in [0.3, 0.4) is 0 Å². The topological polar surface area (TPSA) is 71.0 Å². The summed E-state index contributed by atoms with van der Waals surface area (Å²) < 4.78 is 11.8. The van der Waals surface area contributed by atoms with Crippen molar-refractivity contribution in [2.45, 2.75) is 33.4 Å². The average Bonchev–Trinajstić information content (AvgIpc) is 2.77. The molecule has 3 rings (SSSR count). The smallest absolute Gasteiger partial charge is 0.191 e. The highest BCUT2D eigenvalue weighted by molar-refractivity contribution is 5.79. The first-order valence-corrected chi connectivity index (χ1v) is 10.3. The molecule has 2 N–H and O–H groups in total. The van der Waals surface area contributed by atoms with Gasteiger partial charge in [0.2, 0.25) is 0 Å². The van der Waals surface area contributed by atoms with Crippen LogP contribution in [0.5, 0.6) is 11.5 Å². The Kier molecular flexibility index (Phi) is 7.55. The van der Waals surface area contributed by atoms with E-state index in [1.807, 2.05) is 37.4 Å². The van der Waals surface area contributed by atoms with Crippen molar-refractivity contribution in [2.75, 3.05) is 37.7 Å². The summed E-state index contributed by atoms with van der Waals surface area (Å²) in [6.45, 7) is 10.7. The number of anilines is 1. The third-order valence-corrected chi connectivity index (χ3v) is 4.73. The Morgan fingerprint density at radius 1 is 1.10 bits per heavy atom. The lowest BCUT2D eigenvalue weighted by atomic mass is 10.2. The van der Waals surface area contributed by atoms with E-state index in [4.69, 9.17) is 9.47 Å². The summed E-state index contributed by atoms with van der Waals surface area (Å²) in [5, 5.41) is 6.62. The van der Waals surface area contributed by atoms with Crippen LogP contribution in [0, 0.1) is 0 Å². The largest absolute Gasteiger partial charge is 0.486 e. The van der Waals surface area contributed by atoms with Crippen molar-refractivity contribution in [2.24, 2.45) is 4.99 Å². The van der Waals surface area contributed by atoms with Gasteiger partial charge in [0, 0.05) is 25.8 Å². The Morgan fingerprint density at radius 3 is 2.59 bits per heavy atom. The molecule has 1 aromatic carbocycles. The Bertz CT molecular complexity index is 790. The van der Waals surface area contributed by atoms with Crippen LogP contribution in [0.2, 0.25) is 0 Å². The second-order valence-electron chi connectivity index (χ2n) is 6.77. The van der Waals surface area contributed by atoms with Crippen molar-refractivity contribution in [1.29, 1.82) is 0 Å². The highest BCUT2D eigenvalue weighted by atomic mass is 16.6. The van der Waals surface area contributed by atoms with Gasteiger partial charge in [0.05, 0.1) is 13.1 Å². The molecule has 156 valence electrons. The summed E-state index contributed by atoms with van der Waals surface area (Å²) >= 11 is 0. The number of hydrogen-bond acceptors (Lipinski definition) is 5. The van der Waals surface area contributed by atoms with E-state index in [1.54, 1.807) is 0 Å². The van der Waals surface area contributed by atoms with Gasteiger partial charge in [0.15, 0.2) is 17.5 Å². The second kappa shape index (κ2) is 10.5. The lowest BCUT2D eigenvalue weighted by Gasteiger charge is -2.27. The highest BCUT2D eigenvalue weighted by Crippen LogP contribution is 2.30. The zero-order valence-corrected chi connectivity index (χ0v) is 17.5. The van der Waals surface area contributed by atoms with Crippen LogP contribution in [-0.4, -0.2) is 49.8 Å². The van der Waals surface area contributed by atoms with Crippen LogP contribution in [0.4, 0.5) is 5.82 Å². The minimum absolute atomic E-state index is 0.0659. The first-order valence-electron chi connectivity index (χ1n) is 10.3. The molecule has 0 saturated heterocycles. The van der Waals surface area contributed by atoms with Gasteiger partial charge < -0.3 is 25.0 Å². The number of ether oxygens (including phenoxy) is 2. The number of pyridine rings is 1. The standard InChI is InChI=1S/C22H31N5O2/c1-4-23-22(25-14-17-11-12-21(24-13-17)27(5-2)6-3)26-15-18-16-28-19-9-7-8-10-20(19)29-18/h7-13,18H,4-6,14-16H2,1-3H3,(H2,23,25,26). The lowest BCUT2D eigenvalue weighted by Crippen LogP contribution is -2.45. The molecule has 0 saturated carbocycles. The number of nitrogens with one attached hydrogen (secondary N) is 2. The van der Waals surface area contributed by atoms with Crippen LogP contribution in [0.15, 0.2) is 47.6 Å². The molecule has 29 heavy (non-hydrogen) atoms. The molecule has 7 heteroatoms. The number of nitrogens with zero attached hydrogens (tertiary/aromatic N) is 3. The summed E-state index contributed by atoms with van der Waals surface area (Å²) in [6.07, 6.45) is 1.83. The molecule has 0 amide bonds. The first kappa shape index (κ1) is 20.8. The Morgan fingerprint density at radius 2 is 1.90 bits per heavy atom. The van der Waals surface area contributed by atoms with Gasteiger partial charge in [0.1, 0.15) is 18.5 Å². The molecular weight excluding hydrogens is 366 g/mol. The van der Waals surface area contributed by atoms with Gasteiger partial charge in [-0.2, -0.15) is 0 Å². The Balaban J connectivity index is 1.55. The fourth-order valence-corrected chi connectivity index (χ4v) is 3.13. The van der Waals surface area contributed by atoms with E-state index >= 15 is 0 Å². The quantitative estimate of drug-likeness (QED) is 0.527. The second-order valence-corrected chi connectivity index (χ2v) is 6.77. The predicted molar refractivity (Wildman–Crippen MR) is 117 cm³/mol. The molecule has 0 spiro atoms. The number of fused-ring (bicyclic) bond motifs is 1. The van der Waals surface area contributed by atoms with Gasteiger partial charge >= 0.3 is 0 Å². The van der Waals surface area contributed by atoms with E-state index in [2.05, 4.69) is 51.5 Å². The zero-order chi connectivity index (χ0) is 20.5. The molecule has 1 aromatic heterocycles. The summed E-state index contributed by atoms with van der Waals surface area (Å²) in [5.41, 5.74) is 1.07. The number of benzene rings is 1. The summed E-state index contributed by atoms with van der Waals surface area (Å²) in [7, 11) is 0. The lowest BCUT2D eigenvalue weighted by molar-refractivity contribution is 0.0936. The van der Waals surface area contributed by atoms with E-state index < -0.39 is 0 Å². The number of guanidine groups is 1. The van der Waals surface area contributed by atoms with Crippen LogP contribution in [0.25, 0.3) is 0 Å². The van der Waals surface area contributed by atoms with Crippen LogP contribution < -0.4 is 25.0 Å². The maximum absolute atomic E-state index is 6.00. The third-order valence-electron chi connectivity index (χ3n) is 4.73. The third kappa shape index (κ3) is 5.76. The van der Waals surface area contributed by atoms with E-state index in [0.29, 0.717) is 19.7 Å². The Hall–Kier alpha value is -2.96. The van der Waals surface area contributed by atoms with Gasteiger partial charge in [0.25, 0.3) is 0 Å². The van der Waals surface area contributed by atoms with Gasteiger partial charge in [-0.25, -0.2) is 9.98 Å². The van der Waals surface area contributed by atoms with Crippen molar-refractivity contribution >= 4 is 11.8 Å². The Labute approximate surface area is 173 Å². The minimum Gasteiger partial charge on any atom is -0.486 e. The average molecular weight is 398 g/mol. The number of aromatic nitrogens is 1. The van der Waals surface area contributed by atoms with E-state index in [9.17, 15) is 0 Å². The molecule has 7 nitrogen and oxygen atoms in total. The SMILES string of the molecule is CCNC(=NCc1ccc(N(CC)CC)nc1)NCC1COc2ccccc2O1. The molecule has 0 fully saturated rings. The molecule has 1 atom stereocenters. The molecule has 0 radical (unpaired) electrons. The molecule has 1 aliphatic heterocycles. The maximum Gasteiger partial charge on any atom is 0.191 e. The first-order chi connectivity index (χ1) is 14.2. The monoisotopic (exact) mass is 397 g/mol. The normalized spacial score (nSPS) is 15.7. The van der Waals surface area contributed by atoms with Crippen LogP contribution >= 0.6 is 0 Å². The summed E-state index contributed by atoms with van der Waals surface area (Å²) in [4.78, 5) is 11.5. The van der Waals surface area contributed by atoms with E-state index in [0.717, 1.165) is 48.5 Å². The number of rotatable bonds is 8. The van der Waals surface area contributed by atoms with Crippen LogP contribution in [-0.2, 0) is 6.54 Å². The molecule has 0 aliphatic carbocycles. The number of hydrogen-bond donors (Lipinski definition) is 2. The van der Waals surface area contributed by atoms with E-state index in [1.165, 1.54) is 0 Å². The van der Waals surface area contributed by atoms with Gasteiger partial charge in [-0.05, 0) is 44.5 Å². The van der Waals surface area contributed by atoms with Crippen LogP contribution in [0.1, 0.15) is 26.3 Å². The fourth-order valence-electron chi connectivity index (χ4n) is 3.13. The molecule has 1 unspecified atom stereocenters. The van der Waals surface area contributed by atoms with Crippen molar-refractivity contribution in [3.8, 4) is 11.5 Å². The van der Waals surface area contributed by atoms with Gasteiger partial charge in [-0.3, -0.25) is 0 Å². The van der Waals surface area contributed by atoms with Crippen molar-refractivity contribution in [3.05, 3.63) is 48.2 Å². The predicted octanol–water partition coefficient (Wildman–Crippen LogP) is 2.82. The van der Waals surface area contributed by atoms with Gasteiger partial charge in [-0.1, -0.05) is 18.2 Å². The van der Waals surface area contributed by atoms with Crippen molar-refractivity contribution < 1.29 is 9.47 Å². The fraction of sp³-hybridized carbons (Fsp3) is 0.455. The maximum atomic E-state index is 6.00. The zero-order valence-electron chi connectivity index (χ0n) is 17.5. The molecule has 1 aliphatic rings. The number of para-hydroxylation sites is 2. The molecular formula is C22H31N5O2. The molecule has 2 aromatic rings. The summed E-state index contributed by atoms with van der Waals surface area (Å²) in [5.74, 6) is 3.34.